The summed E-state index contributed by atoms with van der Waals surface area (Å²) < 4.78 is 10.8. The standard InChI is InChI=1S/C15H15NO4/c1-15(2,3)8-4-5-11-9(6-8)13-10(7-19-11)12(14(17)18)16-20-13/h4-6H,7H2,1-3H3,(H,17,18). The Labute approximate surface area is 116 Å². The van der Waals surface area contributed by atoms with Gasteiger partial charge in [-0.1, -0.05) is 32.0 Å². The summed E-state index contributed by atoms with van der Waals surface area (Å²) in [5.74, 6) is 0.0855. The average Bonchev–Trinajstić information content (AvgIpc) is 2.81. The fourth-order valence-electron chi connectivity index (χ4n) is 2.27. The highest BCUT2D eigenvalue weighted by Gasteiger charge is 2.29. The number of hydrogen-bond donors (Lipinski definition) is 1. The molecule has 1 aliphatic heterocycles. The highest BCUT2D eigenvalue weighted by Crippen LogP contribution is 2.41. The second-order valence-corrected chi connectivity index (χ2v) is 5.89. The first-order valence-corrected chi connectivity index (χ1v) is 6.37. The topological polar surface area (TPSA) is 72.6 Å². The van der Waals surface area contributed by atoms with Crippen molar-refractivity contribution in [3.05, 3.63) is 35.0 Å². The number of carboxylic acid groups (broad SMARTS) is 1. The maximum absolute atomic E-state index is 11.1. The molecule has 1 N–H and O–H groups in total. The van der Waals surface area contributed by atoms with Crippen LogP contribution in [0.25, 0.3) is 11.3 Å². The third kappa shape index (κ3) is 1.86. The van der Waals surface area contributed by atoms with Crippen molar-refractivity contribution in [3.8, 4) is 17.1 Å². The van der Waals surface area contributed by atoms with Crippen molar-refractivity contribution in [2.24, 2.45) is 0 Å². The third-order valence-electron chi connectivity index (χ3n) is 3.45. The van der Waals surface area contributed by atoms with E-state index in [2.05, 4.69) is 25.9 Å². The Morgan fingerprint density at radius 1 is 1.35 bits per heavy atom. The van der Waals surface area contributed by atoms with Crippen LogP contribution >= 0.6 is 0 Å². The molecule has 0 radical (unpaired) electrons. The molecular weight excluding hydrogens is 258 g/mol. The molecule has 1 aliphatic rings. The quantitative estimate of drug-likeness (QED) is 0.863. The maximum Gasteiger partial charge on any atom is 0.358 e. The molecule has 104 valence electrons. The Morgan fingerprint density at radius 3 is 2.75 bits per heavy atom. The van der Waals surface area contributed by atoms with Crippen molar-refractivity contribution >= 4 is 5.97 Å². The molecule has 5 nitrogen and oxygen atoms in total. The van der Waals surface area contributed by atoms with Gasteiger partial charge < -0.3 is 14.4 Å². The summed E-state index contributed by atoms with van der Waals surface area (Å²) in [5.41, 5.74) is 2.30. The molecule has 5 heteroatoms. The van der Waals surface area contributed by atoms with Crippen molar-refractivity contribution in [1.29, 1.82) is 0 Å². The number of nitrogens with zero attached hydrogens (tertiary/aromatic N) is 1. The lowest BCUT2D eigenvalue weighted by atomic mass is 9.85. The Balaban J connectivity index is 2.18. The van der Waals surface area contributed by atoms with Gasteiger partial charge >= 0.3 is 5.97 Å². The summed E-state index contributed by atoms with van der Waals surface area (Å²) in [6.07, 6.45) is 0. The predicted octanol–water partition coefficient (Wildman–Crippen LogP) is 3.23. The van der Waals surface area contributed by atoms with Gasteiger partial charge in [0, 0.05) is 0 Å². The highest BCUT2D eigenvalue weighted by molar-refractivity contribution is 5.90. The monoisotopic (exact) mass is 273 g/mol. The molecule has 0 spiro atoms. The molecule has 2 heterocycles. The van der Waals surface area contributed by atoms with Crippen molar-refractivity contribution in [3.63, 3.8) is 0 Å². The van der Waals surface area contributed by atoms with Gasteiger partial charge in [-0.15, -0.1) is 0 Å². The van der Waals surface area contributed by atoms with Crippen molar-refractivity contribution in [2.45, 2.75) is 32.8 Å². The minimum absolute atomic E-state index is 0.0116. The van der Waals surface area contributed by atoms with E-state index in [-0.39, 0.29) is 17.7 Å². The maximum atomic E-state index is 11.1. The molecule has 0 atom stereocenters. The van der Waals surface area contributed by atoms with Crippen LogP contribution < -0.4 is 4.74 Å². The second kappa shape index (κ2) is 4.10. The molecule has 0 saturated heterocycles. The number of aromatic nitrogens is 1. The van der Waals surface area contributed by atoms with E-state index in [1.165, 1.54) is 0 Å². The van der Waals surface area contributed by atoms with E-state index in [1.807, 2.05) is 18.2 Å². The molecule has 1 aromatic heterocycles. The van der Waals surface area contributed by atoms with E-state index in [0.29, 0.717) is 17.1 Å². The molecule has 1 aromatic carbocycles. The van der Waals surface area contributed by atoms with E-state index in [0.717, 1.165) is 11.1 Å². The van der Waals surface area contributed by atoms with Crippen LogP contribution in [0.4, 0.5) is 0 Å². The van der Waals surface area contributed by atoms with Crippen LogP contribution in [0.3, 0.4) is 0 Å². The molecule has 0 amide bonds. The van der Waals surface area contributed by atoms with Gasteiger partial charge in [0.1, 0.15) is 12.4 Å². The molecule has 3 rings (SSSR count). The van der Waals surface area contributed by atoms with Gasteiger partial charge in [-0.25, -0.2) is 4.79 Å². The zero-order chi connectivity index (χ0) is 14.5. The molecule has 0 aliphatic carbocycles. The number of carbonyl (C=O) groups is 1. The predicted molar refractivity (Wildman–Crippen MR) is 71.9 cm³/mol. The van der Waals surface area contributed by atoms with Crippen LogP contribution in [0, 0.1) is 0 Å². The first kappa shape index (κ1) is 12.7. The zero-order valence-electron chi connectivity index (χ0n) is 11.6. The highest BCUT2D eigenvalue weighted by atomic mass is 16.5. The summed E-state index contributed by atoms with van der Waals surface area (Å²) in [7, 11) is 0. The van der Waals surface area contributed by atoms with Crippen LogP contribution in [0.2, 0.25) is 0 Å². The third-order valence-corrected chi connectivity index (χ3v) is 3.45. The summed E-state index contributed by atoms with van der Waals surface area (Å²) in [4.78, 5) is 11.1. The lowest BCUT2D eigenvalue weighted by Crippen LogP contribution is -2.13. The van der Waals surface area contributed by atoms with Crippen LogP contribution in [0.15, 0.2) is 22.7 Å². The first-order valence-electron chi connectivity index (χ1n) is 6.37. The van der Waals surface area contributed by atoms with Crippen LogP contribution in [-0.2, 0) is 12.0 Å². The second-order valence-electron chi connectivity index (χ2n) is 5.89. The number of hydrogen-bond acceptors (Lipinski definition) is 4. The normalized spacial score (nSPS) is 13.3. The number of benzene rings is 1. The summed E-state index contributed by atoms with van der Waals surface area (Å²) in [6, 6.07) is 5.88. The first-order chi connectivity index (χ1) is 9.38. The fraction of sp³-hybridized carbons (Fsp3) is 0.333. The minimum Gasteiger partial charge on any atom is -0.488 e. The molecule has 0 fully saturated rings. The largest absolute Gasteiger partial charge is 0.488 e. The smallest absolute Gasteiger partial charge is 0.358 e. The lowest BCUT2D eigenvalue weighted by Gasteiger charge is -2.22. The van der Waals surface area contributed by atoms with Crippen molar-refractivity contribution in [1.82, 2.24) is 5.16 Å². The summed E-state index contributed by atoms with van der Waals surface area (Å²) in [5, 5.41) is 12.7. The minimum atomic E-state index is -1.10. The van der Waals surface area contributed by atoms with Gasteiger partial charge in [-0.05, 0) is 23.1 Å². The average molecular weight is 273 g/mol. The van der Waals surface area contributed by atoms with Gasteiger partial charge in [0.2, 0.25) is 0 Å². The van der Waals surface area contributed by atoms with E-state index < -0.39 is 5.97 Å². The number of ether oxygens (including phenoxy) is 1. The van der Waals surface area contributed by atoms with Crippen LogP contribution in [-0.4, -0.2) is 16.2 Å². The summed E-state index contributed by atoms with van der Waals surface area (Å²) in [6.45, 7) is 6.51. The number of carboxylic acids is 1. The van der Waals surface area contributed by atoms with Gasteiger partial charge in [0.05, 0.1) is 11.1 Å². The van der Waals surface area contributed by atoms with Gasteiger partial charge in [0.25, 0.3) is 0 Å². The fourth-order valence-corrected chi connectivity index (χ4v) is 2.27. The van der Waals surface area contributed by atoms with Crippen molar-refractivity contribution < 1.29 is 19.2 Å². The number of fused-ring (bicyclic) bond motifs is 3. The molecule has 2 aromatic rings. The number of rotatable bonds is 1. The van der Waals surface area contributed by atoms with Crippen LogP contribution in [0.1, 0.15) is 42.4 Å². The summed E-state index contributed by atoms with van der Waals surface area (Å²) >= 11 is 0. The van der Waals surface area contributed by atoms with Crippen molar-refractivity contribution in [2.75, 3.05) is 0 Å². The Hall–Kier alpha value is -2.30. The Morgan fingerprint density at radius 2 is 2.10 bits per heavy atom. The molecule has 0 bridgehead atoms. The van der Waals surface area contributed by atoms with Gasteiger partial charge in [-0.3, -0.25) is 0 Å². The molecular formula is C15H15NO4. The van der Waals surface area contributed by atoms with E-state index in [1.54, 1.807) is 0 Å². The molecule has 0 unspecified atom stereocenters. The SMILES string of the molecule is CC(C)(C)c1ccc2c(c1)-c1onc(C(=O)O)c1CO2. The van der Waals surface area contributed by atoms with E-state index in [4.69, 9.17) is 14.4 Å². The number of aromatic carboxylic acids is 1. The molecule has 0 saturated carbocycles. The van der Waals surface area contributed by atoms with Gasteiger partial charge in [0.15, 0.2) is 11.5 Å². The van der Waals surface area contributed by atoms with Gasteiger partial charge in [-0.2, -0.15) is 0 Å². The zero-order valence-corrected chi connectivity index (χ0v) is 11.6. The lowest BCUT2D eigenvalue weighted by molar-refractivity contribution is 0.0683. The Kier molecular flexibility index (Phi) is 2.61. The Bertz CT molecular complexity index is 694. The van der Waals surface area contributed by atoms with E-state index >= 15 is 0 Å². The van der Waals surface area contributed by atoms with E-state index in [9.17, 15) is 4.79 Å². The van der Waals surface area contributed by atoms with Crippen LogP contribution in [0.5, 0.6) is 5.75 Å². The molecule has 20 heavy (non-hydrogen) atoms.